The topological polar surface area (TPSA) is 76.3 Å². The number of nitrogens with two attached hydrogens (primary N) is 1. The summed E-state index contributed by atoms with van der Waals surface area (Å²) in [5.74, 6) is 1.59. The molecule has 0 aliphatic rings. The number of anilines is 2. The average Bonchev–Trinajstić information content (AvgIpc) is 2.46. The van der Waals surface area contributed by atoms with Crippen LogP contribution in [0, 0.1) is 0 Å². The van der Waals surface area contributed by atoms with Gasteiger partial charge in [0, 0.05) is 18.2 Å². The van der Waals surface area contributed by atoms with Crippen LogP contribution in [0.1, 0.15) is 11.6 Å². The van der Waals surface area contributed by atoms with Crippen LogP contribution in [-0.4, -0.2) is 42.6 Å². The summed E-state index contributed by atoms with van der Waals surface area (Å²) >= 11 is 5.89. The van der Waals surface area contributed by atoms with Crippen LogP contribution in [-0.2, 0) is 0 Å². The maximum Gasteiger partial charge on any atom is 0.223 e. The summed E-state index contributed by atoms with van der Waals surface area (Å²) in [6.45, 7) is 0.625. The normalized spacial score (nSPS) is 12.2. The van der Waals surface area contributed by atoms with Crippen LogP contribution in [0.2, 0.25) is 5.15 Å². The summed E-state index contributed by atoms with van der Waals surface area (Å²) < 4.78 is 5.45. The van der Waals surface area contributed by atoms with E-state index < -0.39 is 0 Å². The predicted octanol–water partition coefficient (Wildman–Crippen LogP) is 2.44. The fraction of sp³-hybridized carbons (Fsp3) is 0.333. The molecular weight excluding hydrogens is 302 g/mol. The summed E-state index contributed by atoms with van der Waals surface area (Å²) in [5, 5.41) is 3.56. The Bertz CT molecular complexity index is 615. The quantitative estimate of drug-likeness (QED) is 0.796. The lowest BCUT2D eigenvalue weighted by Gasteiger charge is -2.26. The molecule has 0 saturated carbocycles. The zero-order valence-corrected chi connectivity index (χ0v) is 13.6. The van der Waals surface area contributed by atoms with Crippen molar-refractivity contribution < 1.29 is 4.74 Å². The lowest BCUT2D eigenvalue weighted by Crippen LogP contribution is -2.27. The molecule has 0 saturated heterocycles. The molecule has 1 unspecified atom stereocenters. The summed E-state index contributed by atoms with van der Waals surface area (Å²) in [5.41, 5.74) is 6.70. The van der Waals surface area contributed by atoms with Gasteiger partial charge in [0.15, 0.2) is 0 Å². The van der Waals surface area contributed by atoms with E-state index >= 15 is 0 Å². The van der Waals surface area contributed by atoms with Crippen LogP contribution in [0.5, 0.6) is 5.75 Å². The van der Waals surface area contributed by atoms with Gasteiger partial charge in [0.2, 0.25) is 5.95 Å². The number of nitrogen functional groups attached to an aromatic ring is 1. The lowest BCUT2D eigenvalue weighted by atomic mass is 10.0. The first kappa shape index (κ1) is 16.3. The highest BCUT2D eigenvalue weighted by atomic mass is 35.5. The molecule has 7 heteroatoms. The third-order valence-electron chi connectivity index (χ3n) is 3.31. The van der Waals surface area contributed by atoms with Crippen molar-refractivity contribution in [3.63, 3.8) is 0 Å². The average molecular weight is 322 g/mol. The van der Waals surface area contributed by atoms with E-state index in [1.807, 2.05) is 38.4 Å². The molecule has 1 aromatic carbocycles. The van der Waals surface area contributed by atoms with E-state index in [0.717, 1.165) is 11.3 Å². The number of halogens is 1. The van der Waals surface area contributed by atoms with Gasteiger partial charge in [-0.2, -0.15) is 4.98 Å². The van der Waals surface area contributed by atoms with Gasteiger partial charge in [0.25, 0.3) is 0 Å². The fourth-order valence-corrected chi connectivity index (χ4v) is 2.43. The molecule has 0 aliphatic heterocycles. The molecule has 0 bridgehead atoms. The van der Waals surface area contributed by atoms with E-state index in [4.69, 9.17) is 22.1 Å². The Balaban J connectivity index is 2.19. The fourth-order valence-electron chi connectivity index (χ4n) is 2.24. The van der Waals surface area contributed by atoms with E-state index in [2.05, 4.69) is 20.2 Å². The molecule has 1 aromatic heterocycles. The molecule has 6 nitrogen and oxygen atoms in total. The Kier molecular flexibility index (Phi) is 5.41. The van der Waals surface area contributed by atoms with Crippen LogP contribution in [0.3, 0.4) is 0 Å². The van der Waals surface area contributed by atoms with Crippen molar-refractivity contribution in [2.75, 3.05) is 38.8 Å². The number of hydrogen-bond acceptors (Lipinski definition) is 6. The second kappa shape index (κ2) is 7.29. The molecular formula is C15H20ClN5O. The monoisotopic (exact) mass is 321 g/mol. The number of nitrogens with zero attached hydrogens (tertiary/aromatic N) is 3. The third kappa shape index (κ3) is 3.99. The van der Waals surface area contributed by atoms with Gasteiger partial charge in [-0.1, -0.05) is 29.8 Å². The maximum absolute atomic E-state index is 5.89. The van der Waals surface area contributed by atoms with Gasteiger partial charge < -0.3 is 20.7 Å². The molecule has 118 valence electrons. The molecule has 1 heterocycles. The van der Waals surface area contributed by atoms with Gasteiger partial charge in [-0.15, -0.1) is 0 Å². The number of benzene rings is 1. The zero-order chi connectivity index (χ0) is 16.1. The number of likely N-dealkylation sites (N-methyl/N-ethyl adjacent to an activating group) is 1. The van der Waals surface area contributed by atoms with Crippen molar-refractivity contribution in [1.29, 1.82) is 0 Å². The van der Waals surface area contributed by atoms with Gasteiger partial charge in [-0.05, 0) is 20.2 Å². The van der Waals surface area contributed by atoms with E-state index in [1.54, 1.807) is 13.2 Å². The van der Waals surface area contributed by atoms with Crippen molar-refractivity contribution in [2.45, 2.75) is 6.04 Å². The zero-order valence-electron chi connectivity index (χ0n) is 12.9. The van der Waals surface area contributed by atoms with E-state index in [0.29, 0.717) is 17.5 Å². The highest BCUT2D eigenvalue weighted by Crippen LogP contribution is 2.28. The Labute approximate surface area is 135 Å². The second-order valence-electron chi connectivity index (χ2n) is 5.04. The first-order valence-electron chi connectivity index (χ1n) is 6.84. The summed E-state index contributed by atoms with van der Waals surface area (Å²) in [6, 6.07) is 9.69. The Morgan fingerprint density at radius 1 is 1.32 bits per heavy atom. The maximum atomic E-state index is 5.89. The third-order valence-corrected chi connectivity index (χ3v) is 3.50. The predicted molar refractivity (Wildman–Crippen MR) is 89.4 cm³/mol. The summed E-state index contributed by atoms with van der Waals surface area (Å²) in [4.78, 5) is 10.1. The van der Waals surface area contributed by atoms with Crippen LogP contribution in [0.4, 0.5) is 11.8 Å². The van der Waals surface area contributed by atoms with Crippen LogP contribution < -0.4 is 15.8 Å². The van der Waals surface area contributed by atoms with Crippen LogP contribution >= 0.6 is 11.6 Å². The van der Waals surface area contributed by atoms with Gasteiger partial charge >= 0.3 is 0 Å². The van der Waals surface area contributed by atoms with Crippen molar-refractivity contribution in [3.8, 4) is 5.75 Å². The van der Waals surface area contributed by atoms with Crippen LogP contribution in [0.15, 0.2) is 30.3 Å². The molecule has 3 N–H and O–H groups in total. The molecule has 0 radical (unpaired) electrons. The molecule has 0 amide bonds. The van der Waals surface area contributed by atoms with E-state index in [-0.39, 0.29) is 12.0 Å². The summed E-state index contributed by atoms with van der Waals surface area (Å²) in [6.07, 6.45) is 0. The molecule has 0 fully saturated rings. The number of rotatable bonds is 6. The Hall–Kier alpha value is -2.05. The van der Waals surface area contributed by atoms with Gasteiger partial charge in [-0.25, -0.2) is 4.98 Å². The number of aromatic nitrogens is 2. The highest BCUT2D eigenvalue weighted by Gasteiger charge is 2.18. The number of ether oxygens (including phenoxy) is 1. The SMILES string of the molecule is COc1ccccc1C(CNc1cc(Cl)nc(N)n1)N(C)C. The van der Waals surface area contributed by atoms with Gasteiger partial charge in [0.05, 0.1) is 13.2 Å². The largest absolute Gasteiger partial charge is 0.496 e. The van der Waals surface area contributed by atoms with Crippen molar-refractivity contribution >= 4 is 23.4 Å². The van der Waals surface area contributed by atoms with E-state index in [1.165, 1.54) is 0 Å². The molecule has 0 aliphatic carbocycles. The smallest absolute Gasteiger partial charge is 0.223 e. The minimum Gasteiger partial charge on any atom is -0.496 e. The number of para-hydroxylation sites is 1. The van der Waals surface area contributed by atoms with E-state index in [9.17, 15) is 0 Å². The standard InChI is InChI=1S/C15H20ClN5O/c1-21(2)11(10-6-4-5-7-12(10)22-3)9-18-14-8-13(16)19-15(17)20-14/h4-8,11H,9H2,1-3H3,(H3,17,18,19,20). The van der Waals surface area contributed by atoms with Crippen molar-refractivity contribution in [3.05, 3.63) is 41.0 Å². The number of methoxy groups -OCH3 is 1. The molecule has 0 spiro atoms. The number of nitrogens with one attached hydrogen (secondary N) is 1. The van der Waals surface area contributed by atoms with Crippen molar-refractivity contribution in [2.24, 2.45) is 0 Å². The first-order valence-corrected chi connectivity index (χ1v) is 7.22. The summed E-state index contributed by atoms with van der Waals surface area (Å²) in [7, 11) is 5.70. The molecule has 2 rings (SSSR count). The lowest BCUT2D eigenvalue weighted by molar-refractivity contribution is 0.300. The minimum atomic E-state index is 0.103. The van der Waals surface area contributed by atoms with Gasteiger partial charge in [0.1, 0.15) is 16.7 Å². The van der Waals surface area contributed by atoms with Crippen LogP contribution in [0.25, 0.3) is 0 Å². The Morgan fingerprint density at radius 3 is 2.68 bits per heavy atom. The number of hydrogen-bond donors (Lipinski definition) is 2. The Morgan fingerprint density at radius 2 is 2.05 bits per heavy atom. The second-order valence-corrected chi connectivity index (χ2v) is 5.42. The minimum absolute atomic E-state index is 0.103. The first-order chi connectivity index (χ1) is 10.5. The van der Waals surface area contributed by atoms with Crippen molar-refractivity contribution in [1.82, 2.24) is 14.9 Å². The molecule has 2 aromatic rings. The van der Waals surface area contributed by atoms with Gasteiger partial charge in [-0.3, -0.25) is 0 Å². The highest BCUT2D eigenvalue weighted by molar-refractivity contribution is 6.29. The molecule has 1 atom stereocenters. The molecule has 22 heavy (non-hydrogen) atoms.